The maximum Gasteiger partial charge on any atom is 0.387 e. The van der Waals surface area contributed by atoms with Crippen LogP contribution in [0, 0.1) is 0 Å². The van der Waals surface area contributed by atoms with Crippen molar-refractivity contribution in [3.8, 4) is 11.5 Å². The van der Waals surface area contributed by atoms with Crippen LogP contribution in [0.1, 0.15) is 11.1 Å². The number of rotatable bonds is 7. The first kappa shape index (κ1) is 17.3. The zero-order valence-electron chi connectivity index (χ0n) is 12.4. The van der Waals surface area contributed by atoms with E-state index in [9.17, 15) is 13.9 Å². The van der Waals surface area contributed by atoms with Crippen molar-refractivity contribution in [3.05, 3.63) is 52.5 Å². The number of aliphatic hydroxyl groups excluding tert-OH is 1. The molecular weight excluding hydrogens is 328 g/mol. The fraction of sp³-hybridized carbons (Fsp3) is 0.250. The third-order valence-electron chi connectivity index (χ3n) is 3.16. The first-order valence-corrected chi connectivity index (χ1v) is 7.16. The highest BCUT2D eigenvalue weighted by Gasteiger charge is 2.09. The highest BCUT2D eigenvalue weighted by molar-refractivity contribution is 6.32. The Balaban J connectivity index is 2.04. The molecule has 2 aromatic rings. The lowest BCUT2D eigenvalue weighted by atomic mass is 10.1. The van der Waals surface area contributed by atoms with Gasteiger partial charge in [-0.25, -0.2) is 0 Å². The van der Waals surface area contributed by atoms with E-state index in [0.717, 1.165) is 11.3 Å². The number of ether oxygens (including phenoxy) is 2. The summed E-state index contributed by atoms with van der Waals surface area (Å²) >= 11 is 5.91. The van der Waals surface area contributed by atoms with Crippen LogP contribution in [0.2, 0.25) is 5.02 Å². The van der Waals surface area contributed by atoms with Gasteiger partial charge in [-0.1, -0.05) is 17.7 Å². The number of benzene rings is 2. The van der Waals surface area contributed by atoms with E-state index in [1.807, 2.05) is 6.07 Å². The lowest BCUT2D eigenvalue weighted by molar-refractivity contribution is -0.0497. The minimum absolute atomic E-state index is 0.0579. The fourth-order valence-corrected chi connectivity index (χ4v) is 2.31. The van der Waals surface area contributed by atoms with Crippen LogP contribution in [0.4, 0.5) is 14.5 Å². The van der Waals surface area contributed by atoms with E-state index in [4.69, 9.17) is 16.3 Å². The van der Waals surface area contributed by atoms with E-state index in [1.165, 1.54) is 13.2 Å². The summed E-state index contributed by atoms with van der Waals surface area (Å²) in [6.45, 7) is -2.61. The molecule has 0 amide bonds. The number of alkyl halides is 2. The predicted octanol–water partition coefficient (Wildman–Crippen LogP) is 4.05. The fourth-order valence-electron chi connectivity index (χ4n) is 2.06. The molecule has 2 rings (SSSR count). The van der Waals surface area contributed by atoms with Gasteiger partial charge in [-0.3, -0.25) is 0 Å². The Morgan fingerprint density at radius 2 is 1.91 bits per heavy atom. The Labute approximate surface area is 137 Å². The Morgan fingerprint density at radius 1 is 1.17 bits per heavy atom. The lowest BCUT2D eigenvalue weighted by Gasteiger charge is -2.12. The molecule has 124 valence electrons. The van der Waals surface area contributed by atoms with Crippen molar-refractivity contribution in [2.45, 2.75) is 19.8 Å². The minimum Gasteiger partial charge on any atom is -0.496 e. The van der Waals surface area contributed by atoms with E-state index < -0.39 is 6.61 Å². The summed E-state index contributed by atoms with van der Waals surface area (Å²) in [6, 6.07) is 9.94. The molecule has 0 aliphatic heterocycles. The zero-order valence-corrected chi connectivity index (χ0v) is 13.1. The SMILES string of the molecule is COc1ccc(NCc2ccc(OC(F)F)c(Cl)c2)cc1CO. The number of anilines is 1. The monoisotopic (exact) mass is 343 g/mol. The Morgan fingerprint density at radius 3 is 2.52 bits per heavy atom. The van der Waals surface area contributed by atoms with Crippen molar-refractivity contribution in [2.24, 2.45) is 0 Å². The van der Waals surface area contributed by atoms with Crippen molar-refractivity contribution in [2.75, 3.05) is 12.4 Å². The minimum atomic E-state index is -2.91. The quantitative estimate of drug-likeness (QED) is 0.796. The van der Waals surface area contributed by atoms with Gasteiger partial charge in [0.1, 0.15) is 11.5 Å². The Bertz CT molecular complexity index is 668. The largest absolute Gasteiger partial charge is 0.496 e. The van der Waals surface area contributed by atoms with Crippen molar-refractivity contribution in [1.82, 2.24) is 0 Å². The van der Waals surface area contributed by atoms with Gasteiger partial charge in [0.05, 0.1) is 18.7 Å². The Kier molecular flexibility index (Phi) is 6.01. The lowest BCUT2D eigenvalue weighted by Crippen LogP contribution is -2.04. The number of hydrogen-bond acceptors (Lipinski definition) is 4. The molecule has 2 N–H and O–H groups in total. The molecule has 7 heteroatoms. The second-order valence-corrected chi connectivity index (χ2v) is 5.09. The molecule has 0 saturated carbocycles. The van der Waals surface area contributed by atoms with Crippen LogP contribution < -0.4 is 14.8 Å². The summed E-state index contributed by atoms with van der Waals surface area (Å²) in [6.07, 6.45) is 0. The van der Waals surface area contributed by atoms with Gasteiger partial charge in [0.15, 0.2) is 0 Å². The standard InChI is InChI=1S/C16H16ClF2NO3/c1-22-14-5-3-12(7-11(14)9-21)20-8-10-2-4-15(13(17)6-10)23-16(18)19/h2-7,16,20-21H,8-9H2,1H3. The maximum atomic E-state index is 12.2. The molecule has 0 spiro atoms. The second-order valence-electron chi connectivity index (χ2n) is 4.68. The number of hydrogen-bond donors (Lipinski definition) is 2. The van der Waals surface area contributed by atoms with Crippen molar-refractivity contribution < 1.29 is 23.4 Å². The molecule has 0 aromatic heterocycles. The van der Waals surface area contributed by atoms with E-state index in [1.54, 1.807) is 24.3 Å². The molecule has 0 radical (unpaired) electrons. The molecular formula is C16H16ClF2NO3. The zero-order chi connectivity index (χ0) is 16.8. The molecule has 0 aliphatic rings. The van der Waals surface area contributed by atoms with Gasteiger partial charge >= 0.3 is 6.61 Å². The van der Waals surface area contributed by atoms with Crippen LogP contribution in [-0.2, 0) is 13.2 Å². The van der Waals surface area contributed by atoms with Crippen molar-refractivity contribution in [1.29, 1.82) is 0 Å². The highest BCUT2D eigenvalue weighted by Crippen LogP contribution is 2.28. The summed E-state index contributed by atoms with van der Waals surface area (Å²) in [4.78, 5) is 0. The molecule has 2 aromatic carbocycles. The second kappa shape index (κ2) is 7.99. The molecule has 23 heavy (non-hydrogen) atoms. The van der Waals surface area contributed by atoms with Crippen LogP contribution in [0.5, 0.6) is 11.5 Å². The molecule has 0 atom stereocenters. The van der Waals surface area contributed by atoms with Gasteiger partial charge < -0.3 is 19.9 Å². The third-order valence-corrected chi connectivity index (χ3v) is 3.46. The van der Waals surface area contributed by atoms with Crippen LogP contribution in [0.3, 0.4) is 0 Å². The van der Waals surface area contributed by atoms with Gasteiger partial charge in [-0.05, 0) is 35.9 Å². The number of aliphatic hydroxyl groups is 1. The summed E-state index contributed by atoms with van der Waals surface area (Å²) < 4.78 is 33.8. The van der Waals surface area contributed by atoms with Crippen LogP contribution >= 0.6 is 11.6 Å². The number of methoxy groups -OCH3 is 1. The van der Waals surface area contributed by atoms with E-state index >= 15 is 0 Å². The smallest absolute Gasteiger partial charge is 0.387 e. The van der Waals surface area contributed by atoms with Gasteiger partial charge in [0, 0.05) is 17.8 Å². The predicted molar refractivity (Wildman–Crippen MR) is 84.3 cm³/mol. The third kappa shape index (κ3) is 4.71. The maximum absolute atomic E-state index is 12.2. The highest BCUT2D eigenvalue weighted by atomic mass is 35.5. The van der Waals surface area contributed by atoms with Gasteiger partial charge in [-0.2, -0.15) is 8.78 Å². The van der Waals surface area contributed by atoms with Gasteiger partial charge in [-0.15, -0.1) is 0 Å². The number of nitrogens with one attached hydrogen (secondary N) is 1. The molecule has 0 fully saturated rings. The van der Waals surface area contributed by atoms with Gasteiger partial charge in [0.2, 0.25) is 0 Å². The van der Waals surface area contributed by atoms with Crippen molar-refractivity contribution >= 4 is 17.3 Å². The molecule has 4 nitrogen and oxygen atoms in total. The van der Waals surface area contributed by atoms with E-state index in [-0.39, 0.29) is 17.4 Å². The topological polar surface area (TPSA) is 50.7 Å². The van der Waals surface area contributed by atoms with Crippen LogP contribution in [0.15, 0.2) is 36.4 Å². The molecule has 0 aliphatic carbocycles. The van der Waals surface area contributed by atoms with Crippen LogP contribution in [-0.4, -0.2) is 18.8 Å². The average Bonchev–Trinajstić information content (AvgIpc) is 2.54. The van der Waals surface area contributed by atoms with Gasteiger partial charge in [0.25, 0.3) is 0 Å². The van der Waals surface area contributed by atoms with E-state index in [2.05, 4.69) is 10.1 Å². The molecule has 0 bridgehead atoms. The number of halogens is 3. The normalized spacial score (nSPS) is 10.7. The average molecular weight is 344 g/mol. The summed E-state index contributed by atoms with van der Waals surface area (Å²) in [5.74, 6) is 0.548. The molecule has 0 saturated heterocycles. The van der Waals surface area contributed by atoms with E-state index in [0.29, 0.717) is 17.9 Å². The summed E-state index contributed by atoms with van der Waals surface area (Å²) in [5.41, 5.74) is 2.26. The summed E-state index contributed by atoms with van der Waals surface area (Å²) in [7, 11) is 1.53. The van der Waals surface area contributed by atoms with Crippen LogP contribution in [0.25, 0.3) is 0 Å². The first-order valence-electron chi connectivity index (χ1n) is 6.78. The first-order chi connectivity index (χ1) is 11.0. The van der Waals surface area contributed by atoms with Crippen molar-refractivity contribution in [3.63, 3.8) is 0 Å². The summed E-state index contributed by atoms with van der Waals surface area (Å²) in [5, 5.41) is 12.6. The molecule has 0 heterocycles. The Hall–Kier alpha value is -2.05. The molecule has 0 unspecified atom stereocenters.